The van der Waals surface area contributed by atoms with Crippen molar-refractivity contribution in [1.29, 1.82) is 0 Å². The average Bonchev–Trinajstić information content (AvgIpc) is 2.55. The Kier molecular flexibility index (Phi) is 5.57. The van der Waals surface area contributed by atoms with E-state index >= 15 is 0 Å². The van der Waals surface area contributed by atoms with Crippen LogP contribution in [-0.2, 0) is 4.79 Å². The van der Waals surface area contributed by atoms with Crippen LogP contribution in [0.25, 0.3) is 0 Å². The molecule has 0 radical (unpaired) electrons. The molecular formula is C17H18N2O4. The molecule has 0 spiro atoms. The van der Waals surface area contributed by atoms with Crippen LogP contribution in [0.5, 0.6) is 17.2 Å². The number of phenolic OH excluding ortho intramolecular Hbond substituents is 1. The highest BCUT2D eigenvalue weighted by atomic mass is 16.5. The Balaban J connectivity index is 1.89. The predicted molar refractivity (Wildman–Crippen MR) is 86.9 cm³/mol. The summed E-state index contributed by atoms with van der Waals surface area (Å²) in [4.78, 5) is 11.9. The van der Waals surface area contributed by atoms with Crippen molar-refractivity contribution in [2.24, 2.45) is 5.10 Å². The first-order valence-electron chi connectivity index (χ1n) is 7.01. The number of ether oxygens (including phenoxy) is 2. The van der Waals surface area contributed by atoms with Crippen molar-refractivity contribution < 1.29 is 19.4 Å². The van der Waals surface area contributed by atoms with E-state index in [1.165, 1.54) is 12.3 Å². The van der Waals surface area contributed by atoms with Gasteiger partial charge in [0.2, 0.25) is 0 Å². The van der Waals surface area contributed by atoms with Gasteiger partial charge in [-0.25, -0.2) is 5.43 Å². The maximum absolute atomic E-state index is 11.9. The summed E-state index contributed by atoms with van der Waals surface area (Å²) in [7, 11) is 1.56. The first kappa shape index (κ1) is 16.4. The quantitative estimate of drug-likeness (QED) is 0.633. The number of nitrogens with zero attached hydrogens (tertiary/aromatic N) is 1. The van der Waals surface area contributed by atoms with Crippen LogP contribution < -0.4 is 14.9 Å². The van der Waals surface area contributed by atoms with Crippen LogP contribution in [0.15, 0.2) is 53.6 Å². The number of methoxy groups -OCH3 is 1. The fraction of sp³-hybridized carbons (Fsp3) is 0.176. The zero-order valence-electron chi connectivity index (χ0n) is 12.9. The number of benzene rings is 2. The van der Waals surface area contributed by atoms with Crippen LogP contribution in [0.3, 0.4) is 0 Å². The number of phenols is 1. The number of hydrogen-bond donors (Lipinski definition) is 2. The Morgan fingerprint density at radius 1 is 1.22 bits per heavy atom. The molecule has 2 rings (SSSR count). The van der Waals surface area contributed by atoms with Crippen molar-refractivity contribution in [3.8, 4) is 17.2 Å². The van der Waals surface area contributed by atoms with Crippen molar-refractivity contribution in [2.45, 2.75) is 13.0 Å². The number of aromatic hydroxyl groups is 1. The minimum Gasteiger partial charge on any atom is -0.508 e. The van der Waals surface area contributed by atoms with E-state index in [-0.39, 0.29) is 11.7 Å². The van der Waals surface area contributed by atoms with E-state index in [1.54, 1.807) is 56.5 Å². The van der Waals surface area contributed by atoms with Gasteiger partial charge in [0.15, 0.2) is 6.10 Å². The van der Waals surface area contributed by atoms with Gasteiger partial charge in [0.25, 0.3) is 5.91 Å². The molecule has 1 unspecified atom stereocenters. The number of nitrogens with one attached hydrogen (secondary N) is 1. The van der Waals surface area contributed by atoms with Crippen molar-refractivity contribution in [3.05, 3.63) is 54.1 Å². The molecule has 0 heterocycles. The molecule has 0 aromatic heterocycles. The van der Waals surface area contributed by atoms with Gasteiger partial charge in [0, 0.05) is 6.07 Å². The number of carbonyl (C=O) groups excluding carboxylic acids is 1. The highest BCUT2D eigenvalue weighted by molar-refractivity contribution is 5.84. The second-order valence-corrected chi connectivity index (χ2v) is 4.77. The fourth-order valence-electron chi connectivity index (χ4n) is 1.80. The SMILES string of the molecule is COc1cccc(OC(C)C(=O)N/N=C/c2cccc(O)c2)c1. The summed E-state index contributed by atoms with van der Waals surface area (Å²) in [6.07, 6.45) is 0.721. The standard InChI is InChI=1S/C17H18N2O4/c1-12(23-16-8-4-7-15(10-16)22-2)17(21)19-18-11-13-5-3-6-14(20)9-13/h3-12,20H,1-2H3,(H,19,21)/b18-11+. The van der Waals surface area contributed by atoms with E-state index in [4.69, 9.17) is 9.47 Å². The number of carbonyl (C=O) groups is 1. The molecule has 120 valence electrons. The van der Waals surface area contributed by atoms with Gasteiger partial charge in [0.05, 0.1) is 13.3 Å². The largest absolute Gasteiger partial charge is 0.508 e. The minimum atomic E-state index is -0.719. The molecule has 6 nitrogen and oxygen atoms in total. The van der Waals surface area contributed by atoms with Gasteiger partial charge >= 0.3 is 0 Å². The Morgan fingerprint density at radius 3 is 2.70 bits per heavy atom. The van der Waals surface area contributed by atoms with Crippen LogP contribution in [0.2, 0.25) is 0 Å². The van der Waals surface area contributed by atoms with Crippen molar-refractivity contribution in [1.82, 2.24) is 5.43 Å². The van der Waals surface area contributed by atoms with Gasteiger partial charge in [-0.15, -0.1) is 0 Å². The summed E-state index contributed by atoms with van der Waals surface area (Å²) in [5, 5.41) is 13.2. The number of rotatable bonds is 6. The molecule has 23 heavy (non-hydrogen) atoms. The molecule has 0 saturated heterocycles. The van der Waals surface area contributed by atoms with Crippen LogP contribution in [0.4, 0.5) is 0 Å². The molecule has 2 N–H and O–H groups in total. The molecule has 0 bridgehead atoms. The second kappa shape index (κ2) is 7.84. The average molecular weight is 314 g/mol. The second-order valence-electron chi connectivity index (χ2n) is 4.77. The summed E-state index contributed by atoms with van der Waals surface area (Å²) < 4.78 is 10.6. The van der Waals surface area contributed by atoms with Crippen molar-refractivity contribution >= 4 is 12.1 Å². The lowest BCUT2D eigenvalue weighted by Crippen LogP contribution is -2.33. The molecule has 0 aliphatic heterocycles. The van der Waals surface area contributed by atoms with Crippen molar-refractivity contribution in [2.75, 3.05) is 7.11 Å². The smallest absolute Gasteiger partial charge is 0.280 e. The van der Waals surface area contributed by atoms with Crippen LogP contribution in [0.1, 0.15) is 12.5 Å². The van der Waals surface area contributed by atoms with Gasteiger partial charge in [0.1, 0.15) is 17.2 Å². The zero-order chi connectivity index (χ0) is 16.7. The van der Waals surface area contributed by atoms with Gasteiger partial charge in [-0.1, -0.05) is 18.2 Å². The summed E-state index contributed by atoms with van der Waals surface area (Å²) in [5.74, 6) is 0.931. The van der Waals surface area contributed by atoms with E-state index in [2.05, 4.69) is 10.5 Å². The lowest BCUT2D eigenvalue weighted by molar-refractivity contribution is -0.127. The first-order valence-corrected chi connectivity index (χ1v) is 7.01. The monoisotopic (exact) mass is 314 g/mol. The van der Waals surface area contributed by atoms with E-state index in [9.17, 15) is 9.90 Å². The number of hydrogen-bond acceptors (Lipinski definition) is 5. The van der Waals surface area contributed by atoms with E-state index in [1.807, 2.05) is 0 Å². The molecule has 1 atom stereocenters. The lowest BCUT2D eigenvalue weighted by atomic mass is 10.2. The summed E-state index contributed by atoms with van der Waals surface area (Å²) in [6.45, 7) is 1.62. The normalized spacial score (nSPS) is 11.9. The predicted octanol–water partition coefficient (Wildman–Crippen LogP) is 2.32. The number of hydrazone groups is 1. The maximum atomic E-state index is 11.9. The molecule has 6 heteroatoms. The fourth-order valence-corrected chi connectivity index (χ4v) is 1.80. The van der Waals surface area contributed by atoms with E-state index < -0.39 is 6.10 Å². The third kappa shape index (κ3) is 5.03. The summed E-state index contributed by atoms with van der Waals surface area (Å²) in [6, 6.07) is 13.5. The Morgan fingerprint density at radius 2 is 1.96 bits per heavy atom. The Labute approximate surface area is 134 Å². The molecule has 2 aromatic rings. The Bertz CT molecular complexity index is 700. The Hall–Kier alpha value is -3.02. The first-order chi connectivity index (χ1) is 11.1. The zero-order valence-corrected chi connectivity index (χ0v) is 12.9. The highest BCUT2D eigenvalue weighted by Gasteiger charge is 2.14. The van der Waals surface area contributed by atoms with Gasteiger partial charge in [-0.05, 0) is 36.8 Å². The maximum Gasteiger partial charge on any atom is 0.280 e. The van der Waals surface area contributed by atoms with Crippen LogP contribution in [-0.4, -0.2) is 30.4 Å². The molecule has 1 amide bonds. The third-order valence-corrected chi connectivity index (χ3v) is 2.98. The van der Waals surface area contributed by atoms with Crippen LogP contribution >= 0.6 is 0 Å². The van der Waals surface area contributed by atoms with Crippen LogP contribution in [0, 0.1) is 0 Å². The molecule has 2 aromatic carbocycles. The molecule has 0 aliphatic rings. The topological polar surface area (TPSA) is 80.2 Å². The molecular weight excluding hydrogens is 296 g/mol. The van der Waals surface area contributed by atoms with E-state index in [0.717, 1.165) is 0 Å². The lowest BCUT2D eigenvalue weighted by Gasteiger charge is -2.13. The molecule has 0 aliphatic carbocycles. The third-order valence-electron chi connectivity index (χ3n) is 2.98. The van der Waals surface area contributed by atoms with E-state index in [0.29, 0.717) is 17.1 Å². The van der Waals surface area contributed by atoms with Gasteiger partial charge < -0.3 is 14.6 Å². The molecule has 0 fully saturated rings. The minimum absolute atomic E-state index is 0.134. The molecule has 0 saturated carbocycles. The summed E-state index contributed by atoms with van der Waals surface area (Å²) in [5.41, 5.74) is 3.06. The highest BCUT2D eigenvalue weighted by Crippen LogP contribution is 2.19. The number of amides is 1. The van der Waals surface area contributed by atoms with Gasteiger partial charge in [-0.3, -0.25) is 4.79 Å². The van der Waals surface area contributed by atoms with Crippen molar-refractivity contribution in [3.63, 3.8) is 0 Å². The van der Waals surface area contributed by atoms with Gasteiger partial charge in [-0.2, -0.15) is 5.10 Å². The summed E-state index contributed by atoms with van der Waals surface area (Å²) >= 11 is 0.